The summed E-state index contributed by atoms with van der Waals surface area (Å²) in [5, 5.41) is 9.40. The number of carboxylic acids is 1. The van der Waals surface area contributed by atoms with Crippen LogP contribution < -0.4 is 0 Å². The second-order valence-corrected chi connectivity index (χ2v) is 9.24. The maximum Gasteiger partial charge on any atom is 0.336 e. The van der Waals surface area contributed by atoms with Gasteiger partial charge in [0.05, 0.1) is 11.1 Å². The van der Waals surface area contributed by atoms with E-state index in [0.29, 0.717) is 23.6 Å². The predicted octanol–water partition coefficient (Wildman–Crippen LogP) is 3.77. The third kappa shape index (κ3) is 3.49. The molecule has 0 spiro atoms. The van der Waals surface area contributed by atoms with Gasteiger partial charge in [-0.2, -0.15) is 0 Å². The Balaban J connectivity index is 1.39. The number of benzene rings is 1. The number of carboxylic acid groups (broad SMARTS) is 1. The van der Waals surface area contributed by atoms with Crippen LogP contribution in [0.1, 0.15) is 78.7 Å². The number of likely N-dealkylation sites (tertiary alicyclic amines) is 1. The van der Waals surface area contributed by atoms with Crippen molar-refractivity contribution in [2.24, 2.45) is 5.41 Å². The zero-order valence-electron chi connectivity index (χ0n) is 16.4. The Hall–Kier alpha value is -1.88. The summed E-state index contributed by atoms with van der Waals surface area (Å²) in [5.74, 6) is -1.11. The predicted molar refractivity (Wildman–Crippen MR) is 104 cm³/mol. The number of aromatic carboxylic acids is 1. The molecule has 2 fully saturated rings. The van der Waals surface area contributed by atoms with Crippen molar-refractivity contribution < 1.29 is 14.7 Å². The summed E-state index contributed by atoms with van der Waals surface area (Å²) in [4.78, 5) is 28.9. The van der Waals surface area contributed by atoms with Gasteiger partial charge in [0.2, 0.25) is 0 Å². The Labute approximate surface area is 161 Å². The van der Waals surface area contributed by atoms with Crippen molar-refractivity contribution >= 4 is 11.9 Å². The lowest BCUT2D eigenvalue weighted by molar-refractivity contribution is 0.0432. The second-order valence-electron chi connectivity index (χ2n) is 9.24. The van der Waals surface area contributed by atoms with Crippen LogP contribution in [0.5, 0.6) is 0 Å². The third-order valence-electron chi connectivity index (χ3n) is 6.96. The molecule has 2 heterocycles. The summed E-state index contributed by atoms with van der Waals surface area (Å²) < 4.78 is 0. The Morgan fingerprint density at radius 2 is 1.74 bits per heavy atom. The molecule has 1 aromatic rings. The summed E-state index contributed by atoms with van der Waals surface area (Å²) in [6.07, 6.45) is 7.15. The molecule has 0 radical (unpaired) electrons. The summed E-state index contributed by atoms with van der Waals surface area (Å²) in [6.45, 7) is 7.38. The van der Waals surface area contributed by atoms with E-state index >= 15 is 0 Å². The van der Waals surface area contributed by atoms with Gasteiger partial charge in [0, 0.05) is 31.7 Å². The van der Waals surface area contributed by atoms with Crippen LogP contribution in [0.15, 0.2) is 18.2 Å². The molecule has 0 bridgehead atoms. The fourth-order valence-corrected chi connectivity index (χ4v) is 5.17. The molecule has 3 aliphatic rings. The first-order chi connectivity index (χ1) is 12.9. The van der Waals surface area contributed by atoms with Crippen molar-refractivity contribution in [2.75, 3.05) is 13.1 Å². The number of piperidine rings is 1. The molecular weight excluding hydrogens is 340 g/mol. The number of rotatable bonds is 3. The molecule has 4 rings (SSSR count). The molecule has 2 aliphatic heterocycles. The van der Waals surface area contributed by atoms with Crippen molar-refractivity contribution in [2.45, 2.75) is 71.0 Å². The van der Waals surface area contributed by atoms with E-state index in [9.17, 15) is 14.7 Å². The normalized spacial score (nSPS) is 24.2. The second kappa shape index (κ2) is 6.93. The van der Waals surface area contributed by atoms with E-state index in [-0.39, 0.29) is 17.5 Å². The number of fused-ring (bicyclic) bond motifs is 1. The van der Waals surface area contributed by atoms with Crippen molar-refractivity contribution in [1.82, 2.24) is 9.80 Å². The smallest absolute Gasteiger partial charge is 0.336 e. The van der Waals surface area contributed by atoms with Gasteiger partial charge in [-0.1, -0.05) is 26.0 Å². The van der Waals surface area contributed by atoms with E-state index in [0.717, 1.165) is 31.5 Å². The van der Waals surface area contributed by atoms with Gasteiger partial charge in [0.1, 0.15) is 0 Å². The zero-order chi connectivity index (χ0) is 19.2. The monoisotopic (exact) mass is 370 g/mol. The molecular formula is C22H30N2O3. The minimum absolute atomic E-state index is 0.0964. The van der Waals surface area contributed by atoms with E-state index in [1.165, 1.54) is 31.7 Å². The summed E-state index contributed by atoms with van der Waals surface area (Å²) in [6, 6.07) is 6.09. The van der Waals surface area contributed by atoms with Gasteiger partial charge in [-0.05, 0) is 55.6 Å². The largest absolute Gasteiger partial charge is 0.478 e. The van der Waals surface area contributed by atoms with Crippen molar-refractivity contribution in [3.8, 4) is 0 Å². The summed E-state index contributed by atoms with van der Waals surface area (Å²) in [5.41, 5.74) is 1.89. The van der Waals surface area contributed by atoms with E-state index in [2.05, 4.69) is 18.7 Å². The van der Waals surface area contributed by atoms with Gasteiger partial charge in [-0.25, -0.2) is 4.79 Å². The highest BCUT2D eigenvalue weighted by Gasteiger charge is 2.38. The van der Waals surface area contributed by atoms with Gasteiger partial charge in [0.25, 0.3) is 5.91 Å². The molecule has 5 heteroatoms. The van der Waals surface area contributed by atoms with Gasteiger partial charge >= 0.3 is 5.97 Å². The quantitative estimate of drug-likeness (QED) is 0.880. The van der Waals surface area contributed by atoms with Gasteiger partial charge < -0.3 is 14.9 Å². The maximum atomic E-state index is 12.9. The lowest BCUT2D eigenvalue weighted by atomic mass is 9.75. The van der Waals surface area contributed by atoms with Crippen LogP contribution in [0.25, 0.3) is 0 Å². The number of nitrogens with zero attached hydrogens (tertiary/aromatic N) is 2. The Kier molecular flexibility index (Phi) is 4.75. The first-order valence-corrected chi connectivity index (χ1v) is 10.3. The van der Waals surface area contributed by atoms with Gasteiger partial charge in [-0.3, -0.25) is 4.79 Å². The molecule has 1 amide bonds. The Bertz CT molecular complexity index is 740. The molecule has 0 unspecified atom stereocenters. The first kappa shape index (κ1) is 18.5. The molecule has 0 aromatic heterocycles. The van der Waals surface area contributed by atoms with Crippen LogP contribution >= 0.6 is 0 Å². The average Bonchev–Trinajstić information content (AvgIpc) is 2.99. The number of amides is 1. The minimum atomic E-state index is -1.02. The first-order valence-electron chi connectivity index (χ1n) is 10.3. The maximum absolute atomic E-state index is 12.9. The molecule has 1 N–H and O–H groups in total. The standard InChI is InChI=1S/C22H30N2O3/c1-22(2)10-6-16(7-11-22)23-12-8-17(9-13-23)24-14-15-4-3-5-18(21(26)27)19(15)20(24)25/h3-5,16-17H,6-14H2,1-2H3,(H,26,27). The molecule has 1 aromatic carbocycles. The van der Waals surface area contributed by atoms with Gasteiger partial charge in [0.15, 0.2) is 0 Å². The Morgan fingerprint density at radius 3 is 2.37 bits per heavy atom. The average molecular weight is 370 g/mol. The lowest BCUT2D eigenvalue weighted by Crippen LogP contribution is -2.49. The third-order valence-corrected chi connectivity index (χ3v) is 6.96. The van der Waals surface area contributed by atoms with Crippen LogP contribution in [-0.4, -0.2) is 52.0 Å². The molecule has 146 valence electrons. The van der Waals surface area contributed by atoms with E-state index in [1.54, 1.807) is 6.07 Å². The van der Waals surface area contributed by atoms with Crippen LogP contribution in [-0.2, 0) is 6.54 Å². The highest BCUT2D eigenvalue weighted by atomic mass is 16.4. The molecule has 1 saturated carbocycles. The van der Waals surface area contributed by atoms with Crippen LogP contribution in [0, 0.1) is 5.41 Å². The molecule has 1 aliphatic carbocycles. The highest BCUT2D eigenvalue weighted by molar-refractivity contribution is 6.07. The summed E-state index contributed by atoms with van der Waals surface area (Å²) >= 11 is 0. The molecule has 1 saturated heterocycles. The van der Waals surface area contributed by atoms with Crippen molar-refractivity contribution in [3.05, 3.63) is 34.9 Å². The fraction of sp³-hybridized carbons (Fsp3) is 0.636. The number of hydrogen-bond acceptors (Lipinski definition) is 3. The van der Waals surface area contributed by atoms with Crippen molar-refractivity contribution in [3.63, 3.8) is 0 Å². The zero-order valence-corrected chi connectivity index (χ0v) is 16.4. The van der Waals surface area contributed by atoms with E-state index < -0.39 is 5.97 Å². The SMILES string of the molecule is CC1(C)CCC(N2CCC(N3Cc4cccc(C(=O)O)c4C3=O)CC2)CC1. The summed E-state index contributed by atoms with van der Waals surface area (Å²) in [7, 11) is 0. The topological polar surface area (TPSA) is 60.9 Å². The fourth-order valence-electron chi connectivity index (χ4n) is 5.17. The van der Waals surface area contributed by atoms with E-state index in [1.807, 2.05) is 11.0 Å². The number of carbonyl (C=O) groups is 2. The van der Waals surface area contributed by atoms with Crippen molar-refractivity contribution in [1.29, 1.82) is 0 Å². The van der Waals surface area contributed by atoms with Crippen LogP contribution in [0.2, 0.25) is 0 Å². The highest BCUT2D eigenvalue weighted by Crippen LogP contribution is 2.38. The number of carbonyl (C=O) groups excluding carboxylic acids is 1. The van der Waals surface area contributed by atoms with E-state index in [4.69, 9.17) is 0 Å². The lowest BCUT2D eigenvalue weighted by Gasteiger charge is -2.44. The van der Waals surface area contributed by atoms with Crippen LogP contribution in [0.4, 0.5) is 0 Å². The minimum Gasteiger partial charge on any atom is -0.478 e. The van der Waals surface area contributed by atoms with Crippen LogP contribution in [0.3, 0.4) is 0 Å². The molecule has 27 heavy (non-hydrogen) atoms. The molecule has 5 nitrogen and oxygen atoms in total. The van der Waals surface area contributed by atoms with Gasteiger partial charge in [-0.15, -0.1) is 0 Å². The molecule has 0 atom stereocenters. The Morgan fingerprint density at radius 1 is 1.07 bits per heavy atom. The number of hydrogen-bond donors (Lipinski definition) is 1.